The standard InChI is InChI=1S/C21H21N5O/c22-14-16-4-6-17(7-5-16)15-25-10-12-26(13-11-25)21(27)24-20-3-1-2-19-18(20)8-9-23-19/h1-9,23H,10-13,15H2,(H,24,27). The largest absolute Gasteiger partial charge is 0.361 e. The Kier molecular flexibility index (Phi) is 4.77. The van der Waals surface area contributed by atoms with Gasteiger partial charge in [0, 0.05) is 49.8 Å². The van der Waals surface area contributed by atoms with E-state index in [4.69, 9.17) is 5.26 Å². The van der Waals surface area contributed by atoms with Gasteiger partial charge < -0.3 is 15.2 Å². The molecular formula is C21H21N5O. The second-order valence-corrected chi connectivity index (χ2v) is 6.75. The van der Waals surface area contributed by atoms with Gasteiger partial charge >= 0.3 is 6.03 Å². The molecule has 0 atom stereocenters. The lowest BCUT2D eigenvalue weighted by Gasteiger charge is -2.34. The van der Waals surface area contributed by atoms with Crippen LogP contribution in [-0.4, -0.2) is 47.0 Å². The second kappa shape index (κ2) is 7.52. The number of aromatic amines is 1. The number of piperazine rings is 1. The number of carbonyl (C=O) groups is 1. The van der Waals surface area contributed by atoms with Crippen LogP contribution < -0.4 is 5.32 Å². The number of aromatic nitrogens is 1. The van der Waals surface area contributed by atoms with Crippen molar-refractivity contribution in [3.05, 3.63) is 65.9 Å². The molecule has 0 aliphatic carbocycles. The fourth-order valence-electron chi connectivity index (χ4n) is 3.44. The monoisotopic (exact) mass is 359 g/mol. The fraction of sp³-hybridized carbons (Fsp3) is 0.238. The number of fused-ring (bicyclic) bond motifs is 1. The minimum atomic E-state index is -0.0540. The van der Waals surface area contributed by atoms with Crippen molar-refractivity contribution in [3.63, 3.8) is 0 Å². The average molecular weight is 359 g/mol. The van der Waals surface area contributed by atoms with Gasteiger partial charge in [-0.2, -0.15) is 5.26 Å². The Hall–Kier alpha value is -3.30. The molecule has 2 aromatic carbocycles. The maximum absolute atomic E-state index is 12.6. The molecule has 27 heavy (non-hydrogen) atoms. The number of H-pyrrole nitrogens is 1. The number of amides is 2. The minimum Gasteiger partial charge on any atom is -0.361 e. The molecule has 1 aromatic heterocycles. The molecule has 1 aliphatic heterocycles. The average Bonchev–Trinajstić information content (AvgIpc) is 3.19. The summed E-state index contributed by atoms with van der Waals surface area (Å²) in [6, 6.07) is 17.6. The number of rotatable bonds is 3. The molecule has 0 radical (unpaired) electrons. The van der Waals surface area contributed by atoms with Crippen LogP contribution in [0, 0.1) is 11.3 Å². The number of nitrogens with zero attached hydrogens (tertiary/aromatic N) is 3. The van der Waals surface area contributed by atoms with Crippen LogP contribution >= 0.6 is 0 Å². The summed E-state index contributed by atoms with van der Waals surface area (Å²) in [6.07, 6.45) is 1.88. The number of hydrogen-bond acceptors (Lipinski definition) is 3. The number of nitrogens with one attached hydrogen (secondary N) is 2. The van der Waals surface area contributed by atoms with E-state index < -0.39 is 0 Å². The van der Waals surface area contributed by atoms with Crippen molar-refractivity contribution < 1.29 is 4.79 Å². The Bertz CT molecular complexity index is 978. The number of anilines is 1. The summed E-state index contributed by atoms with van der Waals surface area (Å²) < 4.78 is 0. The van der Waals surface area contributed by atoms with Crippen LogP contribution in [-0.2, 0) is 6.54 Å². The molecule has 6 nitrogen and oxygen atoms in total. The van der Waals surface area contributed by atoms with E-state index in [0.717, 1.165) is 36.2 Å². The zero-order valence-electron chi connectivity index (χ0n) is 15.0. The van der Waals surface area contributed by atoms with Crippen LogP contribution in [0.1, 0.15) is 11.1 Å². The number of carbonyl (C=O) groups excluding carboxylic acids is 1. The molecule has 2 heterocycles. The van der Waals surface area contributed by atoms with Crippen molar-refractivity contribution >= 4 is 22.6 Å². The second-order valence-electron chi connectivity index (χ2n) is 6.75. The van der Waals surface area contributed by atoms with Crippen molar-refractivity contribution in [3.8, 4) is 6.07 Å². The van der Waals surface area contributed by atoms with Gasteiger partial charge in [0.25, 0.3) is 0 Å². The van der Waals surface area contributed by atoms with Gasteiger partial charge in [0.15, 0.2) is 0 Å². The summed E-state index contributed by atoms with van der Waals surface area (Å²) in [6.45, 7) is 3.91. The first-order valence-electron chi connectivity index (χ1n) is 9.06. The lowest BCUT2D eigenvalue weighted by Crippen LogP contribution is -2.49. The molecule has 0 unspecified atom stereocenters. The van der Waals surface area contributed by atoms with Crippen molar-refractivity contribution in [2.45, 2.75) is 6.54 Å². The smallest absolute Gasteiger partial charge is 0.321 e. The van der Waals surface area contributed by atoms with Crippen LogP contribution in [0.4, 0.5) is 10.5 Å². The Morgan fingerprint density at radius 3 is 2.59 bits per heavy atom. The van der Waals surface area contributed by atoms with Gasteiger partial charge in [0.1, 0.15) is 0 Å². The van der Waals surface area contributed by atoms with Gasteiger partial charge in [-0.25, -0.2) is 4.79 Å². The lowest BCUT2D eigenvalue weighted by atomic mass is 10.1. The summed E-state index contributed by atoms with van der Waals surface area (Å²) in [4.78, 5) is 20.0. The topological polar surface area (TPSA) is 75.2 Å². The Morgan fingerprint density at radius 1 is 1.07 bits per heavy atom. The van der Waals surface area contributed by atoms with Gasteiger partial charge in [-0.15, -0.1) is 0 Å². The third-order valence-corrected chi connectivity index (χ3v) is 4.99. The van der Waals surface area contributed by atoms with Crippen LogP contribution in [0.2, 0.25) is 0 Å². The van der Waals surface area contributed by atoms with Gasteiger partial charge in [0.2, 0.25) is 0 Å². The van der Waals surface area contributed by atoms with Gasteiger partial charge in [-0.3, -0.25) is 4.90 Å². The summed E-state index contributed by atoms with van der Waals surface area (Å²) >= 11 is 0. The van der Waals surface area contributed by atoms with Gasteiger partial charge in [-0.1, -0.05) is 18.2 Å². The first-order valence-corrected chi connectivity index (χ1v) is 9.06. The number of urea groups is 1. The van der Waals surface area contributed by atoms with E-state index in [0.29, 0.717) is 18.7 Å². The van der Waals surface area contributed by atoms with Crippen molar-refractivity contribution in [1.29, 1.82) is 5.26 Å². The molecule has 1 aliphatic rings. The maximum atomic E-state index is 12.6. The quantitative estimate of drug-likeness (QED) is 0.753. The third kappa shape index (κ3) is 3.78. The zero-order chi connectivity index (χ0) is 18.6. The minimum absolute atomic E-state index is 0.0540. The summed E-state index contributed by atoms with van der Waals surface area (Å²) in [5, 5.41) is 12.9. The van der Waals surface area contributed by atoms with E-state index in [9.17, 15) is 4.79 Å². The van der Waals surface area contributed by atoms with Crippen LogP contribution in [0.15, 0.2) is 54.7 Å². The molecule has 2 amide bonds. The Labute approximate surface area is 158 Å². The summed E-state index contributed by atoms with van der Waals surface area (Å²) in [5.74, 6) is 0. The Balaban J connectivity index is 1.32. The molecule has 6 heteroatoms. The first kappa shape index (κ1) is 17.1. The van der Waals surface area contributed by atoms with Crippen LogP contribution in [0.25, 0.3) is 10.9 Å². The molecule has 4 rings (SSSR count). The predicted octanol–water partition coefficient (Wildman–Crippen LogP) is 3.39. The highest BCUT2D eigenvalue weighted by atomic mass is 16.2. The third-order valence-electron chi connectivity index (χ3n) is 4.99. The molecule has 3 aromatic rings. The SMILES string of the molecule is N#Cc1ccc(CN2CCN(C(=O)Nc3cccc4[nH]ccc34)CC2)cc1. The molecule has 136 valence electrons. The number of nitriles is 1. The van der Waals surface area contributed by atoms with E-state index in [1.807, 2.05) is 59.6 Å². The van der Waals surface area contributed by atoms with E-state index in [1.165, 1.54) is 5.56 Å². The van der Waals surface area contributed by atoms with Crippen molar-refractivity contribution in [2.75, 3.05) is 31.5 Å². The molecular weight excluding hydrogens is 338 g/mol. The number of benzene rings is 2. The van der Waals surface area contributed by atoms with Gasteiger partial charge in [0.05, 0.1) is 17.3 Å². The highest BCUT2D eigenvalue weighted by Gasteiger charge is 2.21. The Morgan fingerprint density at radius 2 is 1.85 bits per heavy atom. The lowest BCUT2D eigenvalue weighted by molar-refractivity contribution is 0.143. The molecule has 1 saturated heterocycles. The first-order chi connectivity index (χ1) is 13.2. The van der Waals surface area contributed by atoms with Crippen molar-refractivity contribution in [1.82, 2.24) is 14.8 Å². The van der Waals surface area contributed by atoms with Crippen LogP contribution in [0.3, 0.4) is 0 Å². The summed E-state index contributed by atoms with van der Waals surface area (Å²) in [7, 11) is 0. The van der Waals surface area contributed by atoms with E-state index in [1.54, 1.807) is 0 Å². The molecule has 1 fully saturated rings. The number of hydrogen-bond donors (Lipinski definition) is 2. The van der Waals surface area contributed by atoms with E-state index in [-0.39, 0.29) is 6.03 Å². The summed E-state index contributed by atoms with van der Waals surface area (Å²) in [5.41, 5.74) is 3.71. The highest BCUT2D eigenvalue weighted by Crippen LogP contribution is 2.22. The van der Waals surface area contributed by atoms with Crippen LogP contribution in [0.5, 0.6) is 0 Å². The normalized spacial score (nSPS) is 14.9. The van der Waals surface area contributed by atoms with Crippen molar-refractivity contribution in [2.24, 2.45) is 0 Å². The molecule has 0 saturated carbocycles. The molecule has 2 N–H and O–H groups in total. The zero-order valence-corrected chi connectivity index (χ0v) is 15.0. The predicted molar refractivity (Wildman–Crippen MR) is 105 cm³/mol. The fourth-order valence-corrected chi connectivity index (χ4v) is 3.44. The maximum Gasteiger partial charge on any atom is 0.321 e. The van der Waals surface area contributed by atoms with E-state index >= 15 is 0 Å². The van der Waals surface area contributed by atoms with E-state index in [2.05, 4.69) is 21.3 Å². The molecule has 0 spiro atoms. The molecule has 0 bridgehead atoms. The highest BCUT2D eigenvalue weighted by molar-refractivity contribution is 6.00. The van der Waals surface area contributed by atoms with Gasteiger partial charge in [-0.05, 0) is 35.9 Å².